The first-order valence-corrected chi connectivity index (χ1v) is 10.3. The smallest absolute Gasteiger partial charge is 0.312 e. The predicted octanol–water partition coefficient (Wildman–Crippen LogP) is 3.26. The summed E-state index contributed by atoms with van der Waals surface area (Å²) >= 11 is 0. The molecule has 1 N–H and O–H groups in total. The Balaban J connectivity index is 1.76. The van der Waals surface area contributed by atoms with Crippen LogP contribution in [-0.2, 0) is 25.5 Å². The second kappa shape index (κ2) is 6.61. The fourth-order valence-electron chi connectivity index (χ4n) is 6.58. The third kappa shape index (κ3) is 2.64. The minimum Gasteiger partial charge on any atom is -0.472 e. The molecule has 28 heavy (non-hydrogen) atoms. The summed E-state index contributed by atoms with van der Waals surface area (Å²) < 4.78 is 16.6. The van der Waals surface area contributed by atoms with Crippen molar-refractivity contribution in [2.75, 3.05) is 6.61 Å². The highest BCUT2D eigenvalue weighted by molar-refractivity contribution is 5.78. The average Bonchev–Trinajstić information content (AvgIpc) is 3.14. The van der Waals surface area contributed by atoms with E-state index in [0.717, 1.165) is 18.4 Å². The van der Waals surface area contributed by atoms with Gasteiger partial charge in [-0.25, -0.2) is 0 Å². The molecule has 1 saturated heterocycles. The molecule has 2 heterocycles. The first-order valence-electron chi connectivity index (χ1n) is 10.3. The Morgan fingerprint density at radius 1 is 1.39 bits per heavy atom. The normalized spacial score (nSPS) is 42.4. The molecule has 0 amide bonds. The summed E-state index contributed by atoms with van der Waals surface area (Å²) in [5, 5.41) is 12.1. The van der Waals surface area contributed by atoms with Crippen molar-refractivity contribution < 1.29 is 28.6 Å². The van der Waals surface area contributed by atoms with Crippen LogP contribution in [0.25, 0.3) is 0 Å². The van der Waals surface area contributed by atoms with Crippen LogP contribution < -0.4 is 0 Å². The number of hydrogen-bond acceptors (Lipinski definition) is 6. The molecule has 0 aromatic carbocycles. The van der Waals surface area contributed by atoms with E-state index in [1.807, 2.05) is 19.9 Å². The first-order chi connectivity index (χ1) is 13.2. The van der Waals surface area contributed by atoms with Crippen molar-refractivity contribution in [3.05, 3.63) is 24.2 Å². The molecule has 2 saturated carbocycles. The maximum absolute atomic E-state index is 12.8. The van der Waals surface area contributed by atoms with Crippen molar-refractivity contribution in [1.29, 1.82) is 0 Å². The molecule has 0 spiro atoms. The number of esters is 2. The third-order valence-electron chi connectivity index (χ3n) is 7.86. The van der Waals surface area contributed by atoms with Crippen LogP contribution in [0.4, 0.5) is 0 Å². The quantitative estimate of drug-likeness (QED) is 0.794. The van der Waals surface area contributed by atoms with E-state index in [4.69, 9.17) is 13.9 Å². The van der Waals surface area contributed by atoms with E-state index in [0.29, 0.717) is 25.7 Å². The van der Waals surface area contributed by atoms with Crippen LogP contribution in [0, 0.1) is 22.7 Å². The summed E-state index contributed by atoms with van der Waals surface area (Å²) in [7, 11) is 0. The largest absolute Gasteiger partial charge is 0.472 e. The fraction of sp³-hybridized carbons (Fsp3) is 0.727. The van der Waals surface area contributed by atoms with E-state index in [1.165, 1.54) is 6.92 Å². The zero-order valence-electron chi connectivity index (χ0n) is 16.9. The maximum atomic E-state index is 12.8. The van der Waals surface area contributed by atoms with Crippen LogP contribution in [0.5, 0.6) is 0 Å². The highest BCUT2D eigenvalue weighted by Crippen LogP contribution is 2.66. The molecule has 1 aliphatic heterocycles. The first kappa shape index (κ1) is 19.5. The molecule has 3 fully saturated rings. The zero-order valence-corrected chi connectivity index (χ0v) is 16.9. The molecule has 2 bridgehead atoms. The van der Waals surface area contributed by atoms with Gasteiger partial charge in [0.1, 0.15) is 12.7 Å². The minimum absolute atomic E-state index is 0.0841. The number of carbonyl (C=O) groups is 2. The van der Waals surface area contributed by atoms with E-state index in [2.05, 4.69) is 0 Å². The van der Waals surface area contributed by atoms with Crippen molar-refractivity contribution in [2.24, 2.45) is 22.7 Å². The van der Waals surface area contributed by atoms with Crippen molar-refractivity contribution in [3.8, 4) is 0 Å². The van der Waals surface area contributed by atoms with Crippen LogP contribution >= 0.6 is 0 Å². The summed E-state index contributed by atoms with van der Waals surface area (Å²) in [5.74, 6) is -0.878. The lowest BCUT2D eigenvalue weighted by Crippen LogP contribution is -2.73. The Morgan fingerprint density at radius 2 is 2.18 bits per heavy atom. The molecule has 1 aromatic rings. The van der Waals surface area contributed by atoms with Crippen LogP contribution in [0.2, 0.25) is 0 Å². The van der Waals surface area contributed by atoms with Gasteiger partial charge in [-0.15, -0.1) is 0 Å². The number of ether oxygens (including phenoxy) is 2. The number of aliphatic hydroxyl groups is 1. The topological polar surface area (TPSA) is 86.0 Å². The molecule has 154 valence electrons. The van der Waals surface area contributed by atoms with Crippen LogP contribution in [0.15, 0.2) is 23.0 Å². The van der Waals surface area contributed by atoms with E-state index in [9.17, 15) is 14.7 Å². The standard InChI is InChI=1S/C22H30O6/c1-14-11-17(28-15(2)23)18-20(3)7-4-8-21(18,13-27-19(20)24)22(14,25)9-5-16-6-10-26-12-16/h6,10,12,14,17-18,25H,4-5,7-9,11,13H2,1-3H3/t14-,17-,18-,20+,21-,22-/m1/s1. The monoisotopic (exact) mass is 390 g/mol. The number of hydrogen-bond donors (Lipinski definition) is 1. The zero-order chi connectivity index (χ0) is 20.2. The van der Waals surface area contributed by atoms with E-state index in [-0.39, 0.29) is 36.5 Å². The second-order valence-corrected chi connectivity index (χ2v) is 9.32. The van der Waals surface area contributed by atoms with Crippen molar-refractivity contribution in [1.82, 2.24) is 0 Å². The fourth-order valence-corrected chi connectivity index (χ4v) is 6.58. The van der Waals surface area contributed by atoms with Gasteiger partial charge in [0.05, 0.1) is 23.5 Å². The molecule has 3 aliphatic rings. The van der Waals surface area contributed by atoms with Crippen LogP contribution in [0.3, 0.4) is 0 Å². The molecule has 4 rings (SSSR count). The molecular weight excluding hydrogens is 360 g/mol. The van der Waals surface area contributed by atoms with Gasteiger partial charge < -0.3 is 19.0 Å². The van der Waals surface area contributed by atoms with Gasteiger partial charge in [0.25, 0.3) is 0 Å². The number of carbonyl (C=O) groups excluding carboxylic acids is 2. The average molecular weight is 390 g/mol. The summed E-state index contributed by atoms with van der Waals surface area (Å²) in [6, 6.07) is 1.92. The van der Waals surface area contributed by atoms with Gasteiger partial charge in [0.15, 0.2) is 0 Å². The van der Waals surface area contributed by atoms with Gasteiger partial charge in [-0.2, -0.15) is 0 Å². The summed E-state index contributed by atoms with van der Waals surface area (Å²) in [6.07, 6.45) is 7.10. The van der Waals surface area contributed by atoms with Gasteiger partial charge in [-0.05, 0) is 56.6 Å². The Kier molecular flexibility index (Phi) is 4.60. The van der Waals surface area contributed by atoms with E-state index >= 15 is 0 Å². The molecule has 6 atom stereocenters. The number of aryl methyl sites for hydroxylation is 1. The number of rotatable bonds is 4. The molecule has 0 radical (unpaired) electrons. The highest BCUT2D eigenvalue weighted by Gasteiger charge is 2.72. The lowest BCUT2D eigenvalue weighted by atomic mass is 9.41. The molecule has 0 unspecified atom stereocenters. The van der Waals surface area contributed by atoms with Gasteiger partial charge in [-0.1, -0.05) is 13.3 Å². The predicted molar refractivity (Wildman–Crippen MR) is 100 cm³/mol. The second-order valence-electron chi connectivity index (χ2n) is 9.32. The van der Waals surface area contributed by atoms with Crippen molar-refractivity contribution >= 4 is 11.9 Å². The Hall–Kier alpha value is -1.82. The van der Waals surface area contributed by atoms with Gasteiger partial charge >= 0.3 is 11.9 Å². The SMILES string of the molecule is CC(=O)O[C@@H]1C[C@@H](C)[C@](O)(CCc2ccoc2)[C@]23CCC[C@](C)(C(=O)OC2)[C@@H]13. The summed E-state index contributed by atoms with van der Waals surface area (Å²) in [6.45, 7) is 5.56. The third-order valence-corrected chi connectivity index (χ3v) is 7.86. The lowest BCUT2D eigenvalue weighted by Gasteiger charge is -2.67. The maximum Gasteiger partial charge on any atom is 0.312 e. The molecule has 2 aliphatic carbocycles. The number of furan rings is 1. The highest BCUT2D eigenvalue weighted by atomic mass is 16.6. The van der Waals surface area contributed by atoms with Gasteiger partial charge in [0, 0.05) is 18.3 Å². The Morgan fingerprint density at radius 3 is 2.86 bits per heavy atom. The van der Waals surface area contributed by atoms with E-state index < -0.39 is 16.4 Å². The van der Waals surface area contributed by atoms with Crippen LogP contribution in [-0.4, -0.2) is 35.4 Å². The van der Waals surface area contributed by atoms with E-state index in [1.54, 1.807) is 12.5 Å². The van der Waals surface area contributed by atoms with Crippen LogP contribution in [0.1, 0.15) is 58.4 Å². The Labute approximate surface area is 165 Å². The molecular formula is C22H30O6. The lowest BCUT2D eigenvalue weighted by molar-refractivity contribution is -0.291. The molecule has 6 heteroatoms. The minimum atomic E-state index is -1.01. The van der Waals surface area contributed by atoms with Gasteiger partial charge in [0.2, 0.25) is 0 Å². The van der Waals surface area contributed by atoms with Gasteiger partial charge in [-0.3, -0.25) is 9.59 Å². The van der Waals surface area contributed by atoms with Crippen molar-refractivity contribution in [2.45, 2.75) is 71.0 Å². The molecule has 6 nitrogen and oxygen atoms in total. The number of cyclic esters (lactones) is 1. The summed E-state index contributed by atoms with van der Waals surface area (Å²) in [4.78, 5) is 24.6. The molecule has 1 aromatic heterocycles. The summed E-state index contributed by atoms with van der Waals surface area (Å²) in [5.41, 5.74) is -1.30. The van der Waals surface area contributed by atoms with Crippen molar-refractivity contribution in [3.63, 3.8) is 0 Å². The Bertz CT molecular complexity index is 757.